The second-order valence-electron chi connectivity index (χ2n) is 3.68. The van der Waals surface area contributed by atoms with Crippen molar-refractivity contribution in [1.29, 1.82) is 0 Å². The van der Waals surface area contributed by atoms with Gasteiger partial charge in [-0.25, -0.2) is 9.78 Å². The van der Waals surface area contributed by atoms with Crippen LogP contribution in [0.5, 0.6) is 0 Å². The van der Waals surface area contributed by atoms with E-state index in [-0.39, 0.29) is 9.88 Å². The number of aryl methyl sites for hydroxylation is 1. The molecule has 0 saturated carbocycles. The maximum Gasteiger partial charge on any atom is 0.347 e. The Morgan fingerprint density at radius 2 is 2.18 bits per heavy atom. The van der Waals surface area contributed by atoms with Crippen molar-refractivity contribution in [3.63, 3.8) is 0 Å². The molecule has 4 N–H and O–H groups in total. The number of carboxylic acid groups (broad SMARTS) is 1. The molecule has 17 heavy (non-hydrogen) atoms. The Labute approximate surface area is 103 Å². The minimum atomic E-state index is -1.14. The predicted molar refractivity (Wildman–Crippen MR) is 63.3 cm³/mol. The number of aliphatic hydroxyl groups is 2. The van der Waals surface area contributed by atoms with Crippen molar-refractivity contribution in [3.05, 3.63) is 15.6 Å². The first-order valence-electron chi connectivity index (χ1n) is 5.18. The Kier molecular flexibility index (Phi) is 5.01. The van der Waals surface area contributed by atoms with E-state index < -0.39 is 18.2 Å². The number of hydrogen-bond acceptors (Lipinski definition) is 6. The van der Waals surface area contributed by atoms with Gasteiger partial charge >= 0.3 is 5.97 Å². The highest BCUT2D eigenvalue weighted by atomic mass is 32.1. The van der Waals surface area contributed by atoms with Gasteiger partial charge in [-0.3, -0.25) is 0 Å². The first-order chi connectivity index (χ1) is 7.97. The van der Waals surface area contributed by atoms with Gasteiger partial charge < -0.3 is 20.6 Å². The number of hydrogen-bond donors (Lipinski definition) is 4. The molecule has 96 valence electrons. The number of thiazole rings is 1. The van der Waals surface area contributed by atoms with Crippen LogP contribution in [-0.2, 0) is 0 Å². The van der Waals surface area contributed by atoms with Crippen molar-refractivity contribution < 1.29 is 20.1 Å². The van der Waals surface area contributed by atoms with Gasteiger partial charge in [0.1, 0.15) is 16.0 Å². The lowest BCUT2D eigenvalue weighted by Gasteiger charge is -2.15. The molecule has 2 unspecified atom stereocenters. The summed E-state index contributed by atoms with van der Waals surface area (Å²) in [6, 6.07) is 0. The van der Waals surface area contributed by atoms with Gasteiger partial charge in [-0.05, 0) is 26.9 Å². The van der Waals surface area contributed by atoms with Crippen LogP contribution in [0.3, 0.4) is 0 Å². The third-order valence-corrected chi connectivity index (χ3v) is 3.53. The molecule has 7 heteroatoms. The topological polar surface area (TPSA) is 103 Å². The molecule has 0 aliphatic carbocycles. The highest BCUT2D eigenvalue weighted by Crippen LogP contribution is 2.26. The molecule has 1 aromatic heterocycles. The zero-order valence-electron chi connectivity index (χ0n) is 9.67. The highest BCUT2D eigenvalue weighted by molar-refractivity contribution is 7.13. The van der Waals surface area contributed by atoms with Crippen molar-refractivity contribution in [2.24, 2.45) is 0 Å². The molecule has 0 amide bonds. The average molecular weight is 260 g/mol. The van der Waals surface area contributed by atoms with E-state index in [1.54, 1.807) is 14.0 Å². The van der Waals surface area contributed by atoms with Crippen molar-refractivity contribution in [2.75, 3.05) is 13.6 Å². The standard InChI is InChI=1S/C10H16N2O4S/c1-5-8(10(15)16)17-9(12-5)7(14)6(13)3-4-11-2/h6-7,11,13-14H,3-4H2,1-2H3,(H,15,16). The van der Waals surface area contributed by atoms with Gasteiger partial charge in [-0.2, -0.15) is 0 Å². The van der Waals surface area contributed by atoms with E-state index in [1.807, 2.05) is 0 Å². The summed E-state index contributed by atoms with van der Waals surface area (Å²) in [7, 11) is 1.75. The summed E-state index contributed by atoms with van der Waals surface area (Å²) < 4.78 is 0. The summed E-state index contributed by atoms with van der Waals surface area (Å²) >= 11 is 0.896. The normalized spacial score (nSPS) is 14.6. The number of aromatic nitrogens is 1. The van der Waals surface area contributed by atoms with Crippen LogP contribution in [-0.4, -0.2) is 46.0 Å². The maximum atomic E-state index is 10.8. The van der Waals surface area contributed by atoms with Crippen LogP contribution in [0.15, 0.2) is 0 Å². The fourth-order valence-corrected chi connectivity index (χ4v) is 2.31. The molecule has 0 aliphatic rings. The second kappa shape index (κ2) is 6.06. The molecule has 1 heterocycles. The van der Waals surface area contributed by atoms with Crippen LogP contribution in [0.1, 0.15) is 32.9 Å². The molecule has 6 nitrogen and oxygen atoms in total. The molecule has 1 rings (SSSR count). The number of carboxylic acids is 1. The zero-order chi connectivity index (χ0) is 13.0. The van der Waals surface area contributed by atoms with Gasteiger partial charge in [0.15, 0.2) is 0 Å². The van der Waals surface area contributed by atoms with Crippen LogP contribution in [0.25, 0.3) is 0 Å². The Balaban J connectivity index is 2.78. The predicted octanol–water partition coefficient (Wildman–Crippen LogP) is 0.154. The Morgan fingerprint density at radius 3 is 2.65 bits per heavy atom. The Morgan fingerprint density at radius 1 is 1.53 bits per heavy atom. The SMILES string of the molecule is CNCCC(O)C(O)c1nc(C)c(C(=O)O)s1. The van der Waals surface area contributed by atoms with E-state index in [1.165, 1.54) is 0 Å². The highest BCUT2D eigenvalue weighted by Gasteiger charge is 2.24. The monoisotopic (exact) mass is 260 g/mol. The summed E-state index contributed by atoms with van der Waals surface area (Å²) in [6.45, 7) is 2.13. The fraction of sp³-hybridized carbons (Fsp3) is 0.600. The van der Waals surface area contributed by atoms with Crippen molar-refractivity contribution in [1.82, 2.24) is 10.3 Å². The lowest BCUT2D eigenvalue weighted by Crippen LogP contribution is -2.23. The summed E-state index contributed by atoms with van der Waals surface area (Å²) in [4.78, 5) is 14.9. The molecular weight excluding hydrogens is 244 g/mol. The van der Waals surface area contributed by atoms with E-state index in [2.05, 4.69) is 10.3 Å². The minimum Gasteiger partial charge on any atom is -0.477 e. The largest absolute Gasteiger partial charge is 0.477 e. The van der Waals surface area contributed by atoms with Crippen LogP contribution < -0.4 is 5.32 Å². The first kappa shape index (κ1) is 14.0. The summed E-state index contributed by atoms with van der Waals surface area (Å²) in [5, 5.41) is 31.4. The van der Waals surface area contributed by atoms with Crippen molar-refractivity contribution in [3.8, 4) is 0 Å². The number of carbonyl (C=O) groups is 1. The Hall–Kier alpha value is -1.02. The van der Waals surface area contributed by atoms with Gasteiger partial charge in [0.25, 0.3) is 0 Å². The van der Waals surface area contributed by atoms with Crippen LogP contribution in [0.2, 0.25) is 0 Å². The van der Waals surface area contributed by atoms with E-state index in [9.17, 15) is 15.0 Å². The third-order valence-electron chi connectivity index (χ3n) is 2.31. The van der Waals surface area contributed by atoms with E-state index >= 15 is 0 Å². The summed E-state index contributed by atoms with van der Waals surface area (Å²) in [5.41, 5.74) is 0.359. The number of nitrogens with one attached hydrogen (secondary N) is 1. The number of aliphatic hydroxyl groups excluding tert-OH is 2. The van der Waals surface area contributed by atoms with Crippen molar-refractivity contribution >= 4 is 17.3 Å². The number of rotatable bonds is 6. The van der Waals surface area contributed by atoms with E-state index in [0.29, 0.717) is 18.7 Å². The van der Waals surface area contributed by atoms with Gasteiger partial charge in [-0.15, -0.1) is 11.3 Å². The second-order valence-corrected chi connectivity index (χ2v) is 4.71. The molecule has 0 aliphatic heterocycles. The number of aromatic carboxylic acids is 1. The average Bonchev–Trinajstić information content (AvgIpc) is 2.67. The van der Waals surface area contributed by atoms with Gasteiger partial charge in [0.05, 0.1) is 11.8 Å². The molecule has 0 fully saturated rings. The smallest absolute Gasteiger partial charge is 0.347 e. The Bertz CT molecular complexity index is 394. The van der Waals surface area contributed by atoms with E-state index in [4.69, 9.17) is 5.11 Å². The van der Waals surface area contributed by atoms with Gasteiger partial charge in [-0.1, -0.05) is 0 Å². The lowest BCUT2D eigenvalue weighted by atomic mass is 10.1. The van der Waals surface area contributed by atoms with Crippen LogP contribution in [0.4, 0.5) is 0 Å². The molecular formula is C10H16N2O4S. The van der Waals surface area contributed by atoms with Crippen LogP contribution >= 0.6 is 11.3 Å². The molecule has 0 saturated heterocycles. The third kappa shape index (κ3) is 3.47. The number of nitrogens with zero attached hydrogens (tertiary/aromatic N) is 1. The molecule has 0 bridgehead atoms. The maximum absolute atomic E-state index is 10.8. The molecule has 0 radical (unpaired) electrons. The molecule has 2 atom stereocenters. The lowest BCUT2D eigenvalue weighted by molar-refractivity contribution is 0.0138. The molecule has 0 aromatic carbocycles. The van der Waals surface area contributed by atoms with Gasteiger partial charge in [0.2, 0.25) is 0 Å². The molecule has 0 spiro atoms. The van der Waals surface area contributed by atoms with Crippen LogP contribution in [0, 0.1) is 6.92 Å². The summed E-state index contributed by atoms with van der Waals surface area (Å²) in [6.07, 6.45) is -1.71. The molecule has 1 aromatic rings. The zero-order valence-corrected chi connectivity index (χ0v) is 10.5. The van der Waals surface area contributed by atoms with E-state index in [0.717, 1.165) is 11.3 Å². The first-order valence-corrected chi connectivity index (χ1v) is 6.00. The summed E-state index contributed by atoms with van der Waals surface area (Å²) in [5.74, 6) is -1.07. The van der Waals surface area contributed by atoms with Gasteiger partial charge in [0, 0.05) is 0 Å². The van der Waals surface area contributed by atoms with Crippen molar-refractivity contribution in [2.45, 2.75) is 25.6 Å². The quantitative estimate of drug-likeness (QED) is 0.581. The fourth-order valence-electron chi connectivity index (χ4n) is 1.36. The minimum absolute atomic E-state index is 0.0971.